The van der Waals surface area contributed by atoms with Gasteiger partial charge in [0.05, 0.1) is 25.8 Å². The van der Waals surface area contributed by atoms with Crippen molar-refractivity contribution in [3.8, 4) is 11.5 Å². The third-order valence-electron chi connectivity index (χ3n) is 4.79. The summed E-state index contributed by atoms with van der Waals surface area (Å²) in [4.78, 5) is 5.14. The largest absolute Gasteiger partial charge is 0.496 e. The Bertz CT molecular complexity index is 464. The summed E-state index contributed by atoms with van der Waals surface area (Å²) >= 11 is 0. The fourth-order valence-corrected chi connectivity index (χ4v) is 3.69. The molecule has 0 amide bonds. The molecule has 3 fully saturated rings. The van der Waals surface area contributed by atoms with Crippen LogP contribution in [0.15, 0.2) is 18.2 Å². The van der Waals surface area contributed by atoms with Gasteiger partial charge in [0.1, 0.15) is 11.5 Å². The lowest BCUT2D eigenvalue weighted by Gasteiger charge is -2.50. The molecule has 1 aromatic carbocycles. The van der Waals surface area contributed by atoms with E-state index in [2.05, 4.69) is 15.1 Å². The lowest BCUT2D eigenvalue weighted by atomic mass is 9.92. The van der Waals surface area contributed by atoms with Gasteiger partial charge >= 0.3 is 0 Å². The first-order valence-corrected chi connectivity index (χ1v) is 7.63. The van der Waals surface area contributed by atoms with Crippen molar-refractivity contribution in [1.82, 2.24) is 15.1 Å². The second kappa shape index (κ2) is 6.22. The molecule has 2 bridgehead atoms. The second-order valence-corrected chi connectivity index (χ2v) is 5.75. The van der Waals surface area contributed by atoms with Crippen LogP contribution in [-0.2, 0) is 0 Å². The van der Waals surface area contributed by atoms with Gasteiger partial charge in [-0.05, 0) is 19.2 Å². The van der Waals surface area contributed by atoms with Gasteiger partial charge in [0.2, 0.25) is 0 Å². The zero-order valence-electron chi connectivity index (χ0n) is 13.1. The Hall–Kier alpha value is -1.30. The number of benzene rings is 1. The lowest BCUT2D eigenvalue weighted by Crippen LogP contribution is -2.63. The Morgan fingerprint density at radius 1 is 1.10 bits per heavy atom. The maximum absolute atomic E-state index is 5.59. The van der Waals surface area contributed by atoms with Gasteiger partial charge in [-0.3, -0.25) is 9.80 Å². The van der Waals surface area contributed by atoms with Crippen molar-refractivity contribution in [3.63, 3.8) is 0 Å². The van der Waals surface area contributed by atoms with Gasteiger partial charge in [-0.15, -0.1) is 0 Å². The minimum absolute atomic E-state index is 0.208. The summed E-state index contributed by atoms with van der Waals surface area (Å²) in [7, 11) is 5.47. The molecule has 0 spiro atoms. The number of rotatable bonds is 5. The van der Waals surface area contributed by atoms with Crippen LogP contribution in [0, 0.1) is 0 Å². The zero-order chi connectivity index (χ0) is 14.8. The van der Waals surface area contributed by atoms with Gasteiger partial charge in [0.15, 0.2) is 0 Å². The molecule has 3 aliphatic rings. The molecule has 3 saturated heterocycles. The van der Waals surface area contributed by atoms with Crippen LogP contribution < -0.4 is 14.8 Å². The highest BCUT2D eigenvalue weighted by Gasteiger charge is 2.38. The van der Waals surface area contributed by atoms with Crippen molar-refractivity contribution in [2.75, 3.05) is 54.0 Å². The van der Waals surface area contributed by atoms with Gasteiger partial charge in [-0.1, -0.05) is 6.07 Å². The van der Waals surface area contributed by atoms with E-state index in [-0.39, 0.29) is 6.04 Å². The monoisotopic (exact) mass is 291 g/mol. The Balaban J connectivity index is 1.96. The van der Waals surface area contributed by atoms with Crippen LogP contribution in [0.4, 0.5) is 0 Å². The fourth-order valence-electron chi connectivity index (χ4n) is 3.69. The summed E-state index contributed by atoms with van der Waals surface area (Å²) < 4.78 is 11.2. The number of piperazine rings is 3. The molecule has 3 aliphatic heterocycles. The summed E-state index contributed by atoms with van der Waals surface area (Å²) in [5.74, 6) is 1.79. The number of fused-ring (bicyclic) bond motifs is 3. The molecule has 0 aromatic heterocycles. The Kier molecular flexibility index (Phi) is 4.33. The van der Waals surface area contributed by atoms with Crippen molar-refractivity contribution < 1.29 is 9.47 Å². The van der Waals surface area contributed by atoms with Gasteiger partial charge in [-0.25, -0.2) is 0 Å². The van der Waals surface area contributed by atoms with E-state index in [1.807, 2.05) is 25.2 Å². The third-order valence-corrected chi connectivity index (χ3v) is 4.79. The maximum atomic E-state index is 5.59. The summed E-state index contributed by atoms with van der Waals surface area (Å²) in [6.07, 6.45) is 0. The number of ether oxygens (including phenoxy) is 2. The topological polar surface area (TPSA) is 37.0 Å². The molecule has 4 rings (SSSR count). The van der Waals surface area contributed by atoms with Crippen molar-refractivity contribution in [1.29, 1.82) is 0 Å². The van der Waals surface area contributed by atoms with Crippen LogP contribution >= 0.6 is 0 Å². The standard InChI is InChI=1S/C16H25N3O2/c1-17-16(12-11-18-7-9-19(12)10-8-18)15-13(20-2)5-4-6-14(15)21-3/h4-6,12,16-17H,7-11H2,1-3H3. The van der Waals surface area contributed by atoms with Crippen LogP contribution in [0.2, 0.25) is 0 Å². The van der Waals surface area contributed by atoms with Crippen molar-refractivity contribution in [3.05, 3.63) is 23.8 Å². The molecule has 21 heavy (non-hydrogen) atoms. The predicted molar refractivity (Wildman–Crippen MR) is 83.1 cm³/mol. The summed E-state index contributed by atoms with van der Waals surface area (Å²) in [5.41, 5.74) is 1.13. The van der Waals surface area contributed by atoms with E-state index in [4.69, 9.17) is 9.47 Å². The predicted octanol–water partition coefficient (Wildman–Crippen LogP) is 0.964. The molecule has 0 radical (unpaired) electrons. The molecule has 116 valence electrons. The van der Waals surface area contributed by atoms with E-state index in [0.29, 0.717) is 6.04 Å². The van der Waals surface area contributed by atoms with Gasteiger partial charge in [0, 0.05) is 38.8 Å². The minimum atomic E-state index is 0.208. The highest BCUT2D eigenvalue weighted by atomic mass is 16.5. The molecule has 0 aliphatic carbocycles. The first-order chi connectivity index (χ1) is 10.3. The Morgan fingerprint density at radius 2 is 1.71 bits per heavy atom. The maximum Gasteiger partial charge on any atom is 0.127 e. The van der Waals surface area contributed by atoms with Crippen molar-refractivity contribution >= 4 is 0 Å². The molecule has 2 atom stereocenters. The number of hydrogen-bond acceptors (Lipinski definition) is 5. The van der Waals surface area contributed by atoms with Crippen molar-refractivity contribution in [2.45, 2.75) is 12.1 Å². The number of hydrogen-bond donors (Lipinski definition) is 1. The first-order valence-electron chi connectivity index (χ1n) is 7.63. The molecule has 1 aromatic rings. The van der Waals surface area contributed by atoms with Crippen molar-refractivity contribution in [2.24, 2.45) is 0 Å². The quantitative estimate of drug-likeness (QED) is 0.875. The summed E-state index contributed by atoms with van der Waals surface area (Å²) in [6.45, 7) is 5.79. The Morgan fingerprint density at radius 3 is 2.14 bits per heavy atom. The molecule has 3 heterocycles. The Labute approximate surface area is 126 Å². The van der Waals surface area contributed by atoms with Gasteiger partial charge < -0.3 is 14.8 Å². The van der Waals surface area contributed by atoms with E-state index in [1.165, 1.54) is 13.1 Å². The van der Waals surface area contributed by atoms with E-state index in [0.717, 1.165) is 36.7 Å². The highest BCUT2D eigenvalue weighted by Crippen LogP contribution is 2.38. The minimum Gasteiger partial charge on any atom is -0.496 e. The van der Waals surface area contributed by atoms with Crippen LogP contribution in [-0.4, -0.2) is 69.8 Å². The summed E-state index contributed by atoms with van der Waals surface area (Å²) in [6, 6.07) is 6.67. The number of nitrogens with one attached hydrogen (secondary N) is 1. The van der Waals surface area contributed by atoms with E-state index in [9.17, 15) is 0 Å². The molecule has 5 heteroatoms. The zero-order valence-corrected chi connectivity index (χ0v) is 13.1. The molecule has 5 nitrogen and oxygen atoms in total. The average molecular weight is 291 g/mol. The third kappa shape index (κ3) is 2.61. The number of likely N-dealkylation sites (N-methyl/N-ethyl adjacent to an activating group) is 1. The molecule has 1 N–H and O–H groups in total. The van der Waals surface area contributed by atoms with E-state index < -0.39 is 0 Å². The number of nitrogens with zero attached hydrogens (tertiary/aromatic N) is 2. The van der Waals surface area contributed by atoms with Crippen LogP contribution in [0.25, 0.3) is 0 Å². The SMILES string of the molecule is CNC(c1c(OC)cccc1OC)C1CN2CCN1CC2. The van der Waals surface area contributed by atoms with E-state index in [1.54, 1.807) is 14.2 Å². The van der Waals surface area contributed by atoms with Gasteiger partial charge in [-0.2, -0.15) is 0 Å². The molecular formula is C16H25N3O2. The van der Waals surface area contributed by atoms with Crippen LogP contribution in [0.1, 0.15) is 11.6 Å². The highest BCUT2D eigenvalue weighted by molar-refractivity contribution is 5.47. The molecular weight excluding hydrogens is 266 g/mol. The second-order valence-electron chi connectivity index (χ2n) is 5.75. The van der Waals surface area contributed by atoms with Crippen LogP contribution in [0.5, 0.6) is 11.5 Å². The summed E-state index contributed by atoms with van der Waals surface area (Å²) in [5, 5.41) is 3.49. The smallest absolute Gasteiger partial charge is 0.127 e. The van der Waals surface area contributed by atoms with Crippen LogP contribution in [0.3, 0.4) is 0 Å². The van der Waals surface area contributed by atoms with Gasteiger partial charge in [0.25, 0.3) is 0 Å². The molecule has 2 unspecified atom stereocenters. The van der Waals surface area contributed by atoms with E-state index >= 15 is 0 Å². The lowest BCUT2D eigenvalue weighted by molar-refractivity contribution is -0.00317. The first kappa shape index (κ1) is 14.6. The normalized spacial score (nSPS) is 29.2. The fraction of sp³-hybridized carbons (Fsp3) is 0.625. The average Bonchev–Trinajstić information content (AvgIpc) is 2.56. The number of methoxy groups -OCH3 is 2. The molecule has 0 saturated carbocycles.